The molecular formula is C53H93N15O15S. The number of thioether (sulfide) groups is 1. The Labute approximate surface area is 494 Å². The standard InChI is InChI=1S/C53H93N15O15S/c1-29(2)25-39(52(81)67-40(26-32-27-58-28-59-32)51(80)60-31(5)44(73)68-43(30(3)4)53(82)83)66-48(77)36(15-9-12-23-56)62-47(76)35(14-8-11-22-55)63-49(78)37(17-19-42(71)72)64-50(79)38(20-24-84-6)65-46(75)34(13-7-10-21-54)61-45(74)33(57)16-18-41(69)70/h27-31,33-40,43H,7-26,54-57H2,1-6H3,(H,58,59)(H,60,80)(H,61,74)(H,62,76)(H,63,78)(H,64,79)(H,65,75)(H,66,77)(H,67,81)(H,68,73)(H,69,70)(H,71,72)(H,82,83)/t31-,33-,34-,35-,36-,37-,38-,39-,40-,43-/m0/s1. The van der Waals surface area contributed by atoms with Crippen LogP contribution < -0.4 is 70.8 Å². The third-order valence-electron chi connectivity index (χ3n) is 13.2. The lowest BCUT2D eigenvalue weighted by Crippen LogP contribution is -2.60. The first-order chi connectivity index (χ1) is 39.7. The number of nitrogens with one attached hydrogen (secondary N) is 10. The van der Waals surface area contributed by atoms with Crippen molar-refractivity contribution in [1.82, 2.24) is 57.8 Å². The van der Waals surface area contributed by atoms with E-state index in [-0.39, 0.29) is 76.9 Å². The molecule has 0 bridgehead atoms. The minimum atomic E-state index is -1.60. The minimum absolute atomic E-state index is 0.00203. The van der Waals surface area contributed by atoms with Gasteiger partial charge in [0.05, 0.1) is 12.4 Å². The van der Waals surface area contributed by atoms with E-state index in [9.17, 15) is 67.7 Å². The van der Waals surface area contributed by atoms with Gasteiger partial charge in [-0.1, -0.05) is 27.7 Å². The number of nitrogens with two attached hydrogens (primary N) is 4. The Kier molecular flexibility index (Phi) is 36.7. The number of H-pyrrole nitrogens is 1. The number of hydrogen-bond donors (Lipinski definition) is 17. The number of aliphatic carboxylic acids is 3. The number of carboxylic acid groups (broad SMARTS) is 3. The van der Waals surface area contributed by atoms with Crippen molar-refractivity contribution in [3.05, 3.63) is 18.2 Å². The Morgan fingerprint density at radius 2 is 0.893 bits per heavy atom. The van der Waals surface area contributed by atoms with Crippen LogP contribution in [-0.4, -0.2) is 188 Å². The van der Waals surface area contributed by atoms with Gasteiger partial charge < -0.3 is 91.1 Å². The summed E-state index contributed by atoms with van der Waals surface area (Å²) in [7, 11) is 0. The maximum atomic E-state index is 14.4. The van der Waals surface area contributed by atoms with Crippen LogP contribution in [0.3, 0.4) is 0 Å². The summed E-state index contributed by atoms with van der Waals surface area (Å²) < 4.78 is 0. The molecule has 0 unspecified atom stereocenters. The largest absolute Gasteiger partial charge is 0.481 e. The number of aromatic amines is 1. The highest BCUT2D eigenvalue weighted by molar-refractivity contribution is 7.98. The summed E-state index contributed by atoms with van der Waals surface area (Å²) in [5, 5.41) is 51.6. The molecule has 0 aliphatic carbocycles. The molecule has 31 heteroatoms. The Bertz CT molecular complexity index is 2280. The summed E-state index contributed by atoms with van der Waals surface area (Å²) in [6.45, 7) is 8.78. The van der Waals surface area contributed by atoms with Crippen molar-refractivity contribution in [2.24, 2.45) is 34.8 Å². The quantitative estimate of drug-likeness (QED) is 0.0296. The van der Waals surface area contributed by atoms with Gasteiger partial charge in [-0.25, -0.2) is 9.78 Å². The molecule has 10 atom stereocenters. The molecule has 0 saturated carbocycles. The zero-order chi connectivity index (χ0) is 63.5. The maximum Gasteiger partial charge on any atom is 0.326 e. The number of unbranched alkanes of at least 4 members (excludes halogenated alkanes) is 3. The number of nitrogens with zero attached hydrogens (tertiary/aromatic N) is 1. The van der Waals surface area contributed by atoms with Crippen molar-refractivity contribution in [2.75, 3.05) is 31.6 Å². The van der Waals surface area contributed by atoms with Gasteiger partial charge in [0.2, 0.25) is 53.2 Å². The summed E-state index contributed by atoms with van der Waals surface area (Å²) in [6, 6.07) is -13.4. The molecule has 21 N–H and O–H groups in total. The van der Waals surface area contributed by atoms with Gasteiger partial charge in [0, 0.05) is 31.2 Å². The van der Waals surface area contributed by atoms with E-state index < -0.39 is 157 Å². The lowest BCUT2D eigenvalue weighted by Gasteiger charge is -2.28. The van der Waals surface area contributed by atoms with E-state index in [4.69, 9.17) is 28.0 Å². The number of aromatic nitrogens is 2. The molecule has 9 amide bonds. The number of hydrogen-bond acceptors (Lipinski definition) is 18. The lowest BCUT2D eigenvalue weighted by molar-refractivity contribution is -0.143. The second kappa shape index (κ2) is 41.1. The summed E-state index contributed by atoms with van der Waals surface area (Å²) in [5.41, 5.74) is 23.5. The number of amides is 9. The smallest absolute Gasteiger partial charge is 0.326 e. The third kappa shape index (κ3) is 30.0. The number of carboxylic acids is 3. The Morgan fingerprint density at radius 3 is 1.29 bits per heavy atom. The summed E-state index contributed by atoms with van der Waals surface area (Å²) in [4.78, 5) is 167. The second-order valence-corrected chi connectivity index (χ2v) is 22.2. The topological polar surface area (TPSA) is 507 Å². The fourth-order valence-corrected chi connectivity index (χ4v) is 8.82. The number of imidazole rings is 1. The summed E-state index contributed by atoms with van der Waals surface area (Å²) >= 11 is 1.32. The van der Waals surface area contributed by atoms with Crippen LogP contribution >= 0.6 is 11.8 Å². The van der Waals surface area contributed by atoms with Crippen molar-refractivity contribution < 1.29 is 72.9 Å². The van der Waals surface area contributed by atoms with E-state index in [0.717, 1.165) is 0 Å². The van der Waals surface area contributed by atoms with E-state index in [1.807, 2.05) is 0 Å². The van der Waals surface area contributed by atoms with Gasteiger partial charge in [-0.15, -0.1) is 0 Å². The molecule has 0 spiro atoms. The third-order valence-corrected chi connectivity index (χ3v) is 13.8. The van der Waals surface area contributed by atoms with Crippen molar-refractivity contribution in [3.8, 4) is 0 Å². The fraction of sp³-hybridized carbons (Fsp3) is 0.717. The van der Waals surface area contributed by atoms with Gasteiger partial charge in [-0.3, -0.25) is 52.7 Å². The van der Waals surface area contributed by atoms with Crippen LogP contribution in [0.25, 0.3) is 0 Å². The molecule has 1 heterocycles. The van der Waals surface area contributed by atoms with Crippen LogP contribution in [0.1, 0.15) is 137 Å². The van der Waals surface area contributed by atoms with Gasteiger partial charge in [0.15, 0.2) is 0 Å². The number of carbonyl (C=O) groups is 12. The Morgan fingerprint density at radius 1 is 0.500 bits per heavy atom. The monoisotopic (exact) mass is 1210 g/mol. The van der Waals surface area contributed by atoms with Crippen LogP contribution in [-0.2, 0) is 64.0 Å². The van der Waals surface area contributed by atoms with Gasteiger partial charge in [-0.05, 0) is 134 Å². The van der Waals surface area contributed by atoms with Crippen molar-refractivity contribution in [1.29, 1.82) is 0 Å². The summed E-state index contributed by atoms with van der Waals surface area (Å²) in [6.07, 6.45) is 4.87. The van der Waals surface area contributed by atoms with Gasteiger partial charge in [0.1, 0.15) is 54.4 Å². The summed E-state index contributed by atoms with van der Waals surface area (Å²) in [5.74, 6) is -11.8. The van der Waals surface area contributed by atoms with E-state index >= 15 is 0 Å². The van der Waals surface area contributed by atoms with Crippen LogP contribution in [0.2, 0.25) is 0 Å². The van der Waals surface area contributed by atoms with Crippen LogP contribution in [0.15, 0.2) is 12.5 Å². The van der Waals surface area contributed by atoms with Crippen LogP contribution in [0.5, 0.6) is 0 Å². The molecule has 0 saturated heterocycles. The maximum absolute atomic E-state index is 14.4. The molecule has 0 aromatic carbocycles. The number of rotatable bonds is 45. The first kappa shape index (κ1) is 75.1. The number of carbonyl (C=O) groups excluding carboxylic acids is 9. The highest BCUT2D eigenvalue weighted by Gasteiger charge is 2.36. The molecule has 476 valence electrons. The highest BCUT2D eigenvalue weighted by Crippen LogP contribution is 2.13. The second-order valence-electron chi connectivity index (χ2n) is 21.2. The molecule has 0 fully saturated rings. The Balaban J connectivity index is 3.58. The predicted octanol–water partition coefficient (Wildman–Crippen LogP) is -2.68. The average Bonchev–Trinajstić information content (AvgIpc) is 4.09. The van der Waals surface area contributed by atoms with Gasteiger partial charge in [0.25, 0.3) is 0 Å². The molecule has 1 rings (SSSR count). The van der Waals surface area contributed by atoms with Crippen LogP contribution in [0.4, 0.5) is 0 Å². The van der Waals surface area contributed by atoms with Gasteiger partial charge in [-0.2, -0.15) is 11.8 Å². The van der Waals surface area contributed by atoms with Crippen molar-refractivity contribution in [3.63, 3.8) is 0 Å². The molecular weight excluding hydrogens is 1120 g/mol. The van der Waals surface area contributed by atoms with Gasteiger partial charge >= 0.3 is 17.9 Å². The van der Waals surface area contributed by atoms with E-state index in [2.05, 4.69) is 57.8 Å². The SMILES string of the molecule is CSCC[C@H](NC(=O)[C@H](CCCCN)NC(=O)[C@@H](N)CCC(=O)O)C(=O)N[C@@H](CCC(=O)O)C(=O)N[C@@H](CCCCN)C(=O)N[C@@H](CCCCN)C(=O)N[C@@H](CC(C)C)C(=O)N[C@@H](Cc1cnc[nH]1)C(=O)N[C@@H](C)C(=O)N[C@H](C(=O)O)C(C)C. The predicted molar refractivity (Wildman–Crippen MR) is 311 cm³/mol. The molecule has 0 radical (unpaired) electrons. The molecule has 0 aliphatic rings. The first-order valence-corrected chi connectivity index (χ1v) is 29.8. The van der Waals surface area contributed by atoms with Crippen LogP contribution in [0, 0.1) is 11.8 Å². The molecule has 0 aliphatic heterocycles. The molecule has 84 heavy (non-hydrogen) atoms. The average molecular weight is 1210 g/mol. The lowest BCUT2D eigenvalue weighted by atomic mass is 10.0. The zero-order valence-electron chi connectivity index (χ0n) is 49.1. The Hall–Kier alpha value is -6.96. The van der Waals surface area contributed by atoms with E-state index in [1.54, 1.807) is 34.0 Å². The molecule has 30 nitrogen and oxygen atoms in total. The van der Waals surface area contributed by atoms with Crippen molar-refractivity contribution >= 4 is 82.8 Å². The first-order valence-electron chi connectivity index (χ1n) is 28.4. The zero-order valence-corrected chi connectivity index (χ0v) is 49.9. The van der Waals surface area contributed by atoms with Crippen molar-refractivity contribution in [2.45, 2.75) is 198 Å². The highest BCUT2D eigenvalue weighted by atomic mass is 32.2. The molecule has 1 aromatic rings. The normalized spacial score (nSPS) is 14.8. The fourth-order valence-electron chi connectivity index (χ4n) is 8.35. The van der Waals surface area contributed by atoms with E-state index in [1.165, 1.54) is 31.2 Å². The molecule has 1 aromatic heterocycles. The minimum Gasteiger partial charge on any atom is -0.481 e. The van der Waals surface area contributed by atoms with E-state index in [0.29, 0.717) is 43.6 Å².